The Balaban J connectivity index is 2.74. The SMILES string of the molecule is N/C(CNC(=O)c1ccc(Cl)cc1Cl)=N\O. The second kappa shape index (κ2) is 5.58. The van der Waals surface area contributed by atoms with Crippen molar-refractivity contribution in [3.63, 3.8) is 0 Å². The number of nitrogens with one attached hydrogen (secondary N) is 1. The lowest BCUT2D eigenvalue weighted by atomic mass is 10.2. The third-order valence-electron chi connectivity index (χ3n) is 1.73. The van der Waals surface area contributed by atoms with Gasteiger partial charge in [0.2, 0.25) is 0 Å². The van der Waals surface area contributed by atoms with Crippen LogP contribution in [-0.2, 0) is 0 Å². The van der Waals surface area contributed by atoms with Crippen molar-refractivity contribution in [1.29, 1.82) is 0 Å². The fraction of sp³-hybridized carbons (Fsp3) is 0.111. The van der Waals surface area contributed by atoms with Crippen LogP contribution >= 0.6 is 23.2 Å². The van der Waals surface area contributed by atoms with E-state index in [1.165, 1.54) is 12.1 Å². The number of rotatable bonds is 3. The Hall–Kier alpha value is -1.46. The minimum atomic E-state index is -0.423. The number of oxime groups is 1. The van der Waals surface area contributed by atoms with Gasteiger partial charge in [-0.25, -0.2) is 0 Å². The maximum Gasteiger partial charge on any atom is 0.253 e. The smallest absolute Gasteiger partial charge is 0.253 e. The Morgan fingerprint density at radius 2 is 2.19 bits per heavy atom. The number of hydrogen-bond acceptors (Lipinski definition) is 3. The fourth-order valence-electron chi connectivity index (χ4n) is 0.975. The van der Waals surface area contributed by atoms with Crippen molar-refractivity contribution in [2.45, 2.75) is 0 Å². The minimum absolute atomic E-state index is 0.0612. The van der Waals surface area contributed by atoms with Gasteiger partial charge in [-0.3, -0.25) is 4.79 Å². The van der Waals surface area contributed by atoms with E-state index in [9.17, 15) is 4.79 Å². The van der Waals surface area contributed by atoms with Crippen LogP contribution in [0.2, 0.25) is 10.0 Å². The number of nitrogens with two attached hydrogens (primary N) is 1. The van der Waals surface area contributed by atoms with Crippen molar-refractivity contribution in [3.05, 3.63) is 33.8 Å². The molecule has 0 aliphatic carbocycles. The summed E-state index contributed by atoms with van der Waals surface area (Å²) in [5, 5.41) is 14.1. The van der Waals surface area contributed by atoms with Gasteiger partial charge in [0.1, 0.15) is 0 Å². The van der Waals surface area contributed by atoms with Gasteiger partial charge in [0, 0.05) is 5.02 Å². The molecule has 0 aliphatic rings. The van der Waals surface area contributed by atoms with Crippen molar-refractivity contribution < 1.29 is 10.0 Å². The lowest BCUT2D eigenvalue weighted by molar-refractivity contribution is 0.0959. The van der Waals surface area contributed by atoms with Crippen LogP contribution in [0.3, 0.4) is 0 Å². The molecule has 1 aromatic carbocycles. The van der Waals surface area contributed by atoms with Gasteiger partial charge in [0.05, 0.1) is 17.1 Å². The zero-order valence-electron chi connectivity index (χ0n) is 8.08. The molecule has 86 valence electrons. The normalized spacial score (nSPS) is 11.2. The Bertz CT molecular complexity index is 435. The van der Waals surface area contributed by atoms with Crippen LogP contribution in [0.25, 0.3) is 0 Å². The molecule has 0 fully saturated rings. The highest BCUT2D eigenvalue weighted by Crippen LogP contribution is 2.20. The molecule has 0 atom stereocenters. The first kappa shape index (κ1) is 12.6. The fourth-order valence-corrected chi connectivity index (χ4v) is 1.47. The first-order valence-corrected chi connectivity index (χ1v) is 5.00. The number of benzene rings is 1. The maximum absolute atomic E-state index is 11.6. The summed E-state index contributed by atoms with van der Waals surface area (Å²) in [7, 11) is 0. The number of halogens is 2. The van der Waals surface area contributed by atoms with E-state index in [-0.39, 0.29) is 23.0 Å². The molecule has 0 aromatic heterocycles. The van der Waals surface area contributed by atoms with Gasteiger partial charge < -0.3 is 16.3 Å². The summed E-state index contributed by atoms with van der Waals surface area (Å²) >= 11 is 11.5. The molecule has 0 saturated carbocycles. The van der Waals surface area contributed by atoms with Crippen LogP contribution in [0.15, 0.2) is 23.4 Å². The van der Waals surface area contributed by atoms with Crippen LogP contribution in [0, 0.1) is 0 Å². The molecule has 0 heterocycles. The molecular weight excluding hydrogens is 253 g/mol. The predicted octanol–water partition coefficient (Wildman–Crippen LogP) is 1.47. The van der Waals surface area contributed by atoms with Gasteiger partial charge in [0.15, 0.2) is 5.84 Å². The van der Waals surface area contributed by atoms with Gasteiger partial charge in [-0.2, -0.15) is 0 Å². The molecular formula is C9H9Cl2N3O2. The highest BCUT2D eigenvalue weighted by atomic mass is 35.5. The summed E-state index contributed by atoms with van der Waals surface area (Å²) in [5.41, 5.74) is 5.47. The highest BCUT2D eigenvalue weighted by molar-refractivity contribution is 6.36. The molecule has 16 heavy (non-hydrogen) atoms. The average molecular weight is 262 g/mol. The Morgan fingerprint density at radius 1 is 1.50 bits per heavy atom. The average Bonchev–Trinajstić information content (AvgIpc) is 2.25. The first-order valence-electron chi connectivity index (χ1n) is 4.24. The second-order valence-electron chi connectivity index (χ2n) is 2.90. The van der Waals surface area contributed by atoms with Crippen molar-refractivity contribution in [1.82, 2.24) is 5.32 Å². The Kier molecular flexibility index (Phi) is 4.39. The summed E-state index contributed by atoms with van der Waals surface area (Å²) < 4.78 is 0. The van der Waals surface area contributed by atoms with E-state index in [1.807, 2.05) is 0 Å². The summed E-state index contributed by atoms with van der Waals surface area (Å²) in [6.07, 6.45) is 0. The summed E-state index contributed by atoms with van der Waals surface area (Å²) in [5.74, 6) is -0.522. The van der Waals surface area contributed by atoms with Crippen LogP contribution in [-0.4, -0.2) is 23.5 Å². The van der Waals surface area contributed by atoms with Crippen LogP contribution in [0.1, 0.15) is 10.4 Å². The topological polar surface area (TPSA) is 87.7 Å². The van der Waals surface area contributed by atoms with E-state index >= 15 is 0 Å². The van der Waals surface area contributed by atoms with Crippen LogP contribution in [0.4, 0.5) is 0 Å². The molecule has 5 nitrogen and oxygen atoms in total. The molecule has 0 unspecified atom stereocenters. The molecule has 4 N–H and O–H groups in total. The summed E-state index contributed by atoms with van der Waals surface area (Å²) in [6, 6.07) is 4.50. The molecule has 0 spiro atoms. The van der Waals surface area contributed by atoms with Gasteiger partial charge in [0.25, 0.3) is 5.91 Å². The van der Waals surface area contributed by atoms with E-state index in [4.69, 9.17) is 34.1 Å². The highest BCUT2D eigenvalue weighted by Gasteiger charge is 2.10. The van der Waals surface area contributed by atoms with Gasteiger partial charge in [-0.05, 0) is 18.2 Å². The minimum Gasteiger partial charge on any atom is -0.409 e. The third-order valence-corrected chi connectivity index (χ3v) is 2.28. The van der Waals surface area contributed by atoms with Crippen LogP contribution in [0.5, 0.6) is 0 Å². The number of hydrogen-bond donors (Lipinski definition) is 3. The van der Waals surface area contributed by atoms with E-state index in [0.717, 1.165) is 0 Å². The van der Waals surface area contributed by atoms with Crippen LogP contribution < -0.4 is 11.1 Å². The zero-order chi connectivity index (χ0) is 12.1. The largest absolute Gasteiger partial charge is 0.409 e. The van der Waals surface area contributed by atoms with Gasteiger partial charge >= 0.3 is 0 Å². The van der Waals surface area contributed by atoms with Crippen molar-refractivity contribution in [2.75, 3.05) is 6.54 Å². The van der Waals surface area contributed by atoms with E-state index < -0.39 is 5.91 Å². The predicted molar refractivity (Wildman–Crippen MR) is 62.2 cm³/mol. The first-order chi connectivity index (χ1) is 7.54. The molecule has 7 heteroatoms. The number of carbonyl (C=O) groups is 1. The van der Waals surface area contributed by atoms with Crippen molar-refractivity contribution in [2.24, 2.45) is 10.9 Å². The van der Waals surface area contributed by atoms with Crippen molar-refractivity contribution >= 4 is 34.9 Å². The molecule has 1 rings (SSSR count). The van der Waals surface area contributed by atoms with Gasteiger partial charge in [-0.15, -0.1) is 0 Å². The molecule has 0 aliphatic heterocycles. The number of carbonyl (C=O) groups excluding carboxylic acids is 1. The zero-order valence-corrected chi connectivity index (χ0v) is 9.59. The summed E-state index contributed by atoms with van der Waals surface area (Å²) in [4.78, 5) is 11.6. The van der Waals surface area contributed by atoms with E-state index in [0.29, 0.717) is 5.02 Å². The van der Waals surface area contributed by atoms with E-state index in [2.05, 4.69) is 10.5 Å². The molecule has 0 radical (unpaired) electrons. The monoisotopic (exact) mass is 261 g/mol. The molecule has 0 bridgehead atoms. The van der Waals surface area contributed by atoms with E-state index in [1.54, 1.807) is 6.07 Å². The molecule has 0 saturated heterocycles. The second-order valence-corrected chi connectivity index (χ2v) is 3.74. The molecule has 1 amide bonds. The lowest BCUT2D eigenvalue weighted by Gasteiger charge is -2.05. The lowest BCUT2D eigenvalue weighted by Crippen LogP contribution is -2.33. The third kappa shape index (κ3) is 3.29. The number of amides is 1. The van der Waals surface area contributed by atoms with Gasteiger partial charge in [-0.1, -0.05) is 28.4 Å². The number of amidine groups is 1. The maximum atomic E-state index is 11.6. The quantitative estimate of drug-likeness (QED) is 0.333. The summed E-state index contributed by atoms with van der Waals surface area (Å²) in [6.45, 7) is -0.0612. The van der Waals surface area contributed by atoms with Crippen molar-refractivity contribution in [3.8, 4) is 0 Å². The Labute approximate surface area is 102 Å². The molecule has 1 aromatic rings. The standard InChI is InChI=1S/C9H9Cl2N3O2/c10-5-1-2-6(7(11)3-5)9(15)13-4-8(12)14-16/h1-3,16H,4H2,(H2,12,14)(H,13,15). The Morgan fingerprint density at radius 3 is 2.75 bits per heavy atom. The number of nitrogens with zero attached hydrogens (tertiary/aromatic N) is 1.